The number of ether oxygens (including phenoxy) is 2. The first-order chi connectivity index (χ1) is 11.6. The zero-order valence-electron chi connectivity index (χ0n) is 13.8. The van der Waals surface area contributed by atoms with Crippen molar-refractivity contribution in [1.82, 2.24) is 0 Å². The number of hydrogen-bond donors (Lipinski definition) is 0. The average molecular weight is 324 g/mol. The van der Waals surface area contributed by atoms with Crippen LogP contribution in [0.1, 0.15) is 38.3 Å². The van der Waals surface area contributed by atoms with Crippen LogP contribution in [0.2, 0.25) is 0 Å². The van der Waals surface area contributed by atoms with Crippen molar-refractivity contribution in [1.29, 1.82) is 0 Å². The lowest BCUT2D eigenvalue weighted by molar-refractivity contribution is 0.0592. The minimum absolute atomic E-state index is 0.322. The van der Waals surface area contributed by atoms with Crippen LogP contribution < -0.4 is 0 Å². The van der Waals surface area contributed by atoms with Gasteiger partial charge in [0.1, 0.15) is 0 Å². The van der Waals surface area contributed by atoms with E-state index in [0.29, 0.717) is 11.1 Å². The van der Waals surface area contributed by atoms with Gasteiger partial charge >= 0.3 is 11.9 Å². The molecule has 0 bridgehead atoms. The van der Waals surface area contributed by atoms with Crippen LogP contribution in [0.4, 0.5) is 0 Å². The Morgan fingerprint density at radius 2 is 1.33 bits per heavy atom. The third-order valence-corrected chi connectivity index (χ3v) is 3.62. The zero-order valence-corrected chi connectivity index (χ0v) is 13.8. The van der Waals surface area contributed by atoms with Gasteiger partial charge < -0.3 is 9.47 Å². The van der Waals surface area contributed by atoms with E-state index in [4.69, 9.17) is 0 Å². The molecule has 0 aromatic heterocycles. The van der Waals surface area contributed by atoms with Crippen LogP contribution in [0.3, 0.4) is 0 Å². The maximum atomic E-state index is 11.4. The molecule has 0 saturated carbocycles. The molecule has 0 heterocycles. The number of aryl methyl sites for hydroxylation is 1. The molecule has 0 aliphatic rings. The van der Waals surface area contributed by atoms with Crippen molar-refractivity contribution in [2.45, 2.75) is 12.8 Å². The normalized spacial score (nSPS) is 10.6. The highest BCUT2D eigenvalue weighted by Crippen LogP contribution is 2.11. The Bertz CT molecular complexity index is 712. The van der Waals surface area contributed by atoms with Crippen LogP contribution in [0.25, 0.3) is 6.08 Å². The summed E-state index contributed by atoms with van der Waals surface area (Å²) in [5.41, 5.74) is 3.29. The van der Waals surface area contributed by atoms with Crippen LogP contribution in [0, 0.1) is 0 Å². The van der Waals surface area contributed by atoms with E-state index in [9.17, 15) is 9.59 Å². The van der Waals surface area contributed by atoms with Crippen molar-refractivity contribution < 1.29 is 19.1 Å². The van der Waals surface area contributed by atoms with Gasteiger partial charge in [0, 0.05) is 0 Å². The number of carbonyl (C=O) groups excluding carboxylic acids is 2. The second-order valence-electron chi connectivity index (χ2n) is 5.24. The van der Waals surface area contributed by atoms with Gasteiger partial charge in [-0.05, 0) is 48.2 Å². The van der Waals surface area contributed by atoms with Gasteiger partial charge in [-0.3, -0.25) is 0 Å². The minimum atomic E-state index is -0.332. The summed E-state index contributed by atoms with van der Waals surface area (Å²) < 4.78 is 9.34. The molecular formula is C20H20O4. The predicted molar refractivity (Wildman–Crippen MR) is 92.9 cm³/mol. The highest BCUT2D eigenvalue weighted by atomic mass is 16.5. The molecule has 124 valence electrons. The highest BCUT2D eigenvalue weighted by molar-refractivity contribution is 5.89. The summed E-state index contributed by atoms with van der Waals surface area (Å²) in [4.78, 5) is 22.7. The highest BCUT2D eigenvalue weighted by Gasteiger charge is 2.04. The predicted octanol–water partition coefficient (Wildman–Crippen LogP) is 3.91. The van der Waals surface area contributed by atoms with Crippen LogP contribution in [0.15, 0.2) is 54.6 Å². The molecule has 2 rings (SSSR count). The smallest absolute Gasteiger partial charge is 0.337 e. The summed E-state index contributed by atoms with van der Waals surface area (Å²) in [6.07, 6.45) is 5.87. The number of methoxy groups -OCH3 is 2. The fraction of sp³-hybridized carbons (Fsp3) is 0.200. The second-order valence-corrected chi connectivity index (χ2v) is 5.24. The maximum absolute atomic E-state index is 11.4. The lowest BCUT2D eigenvalue weighted by Crippen LogP contribution is -2.00. The summed E-state index contributed by atoms with van der Waals surface area (Å²) in [6, 6.07) is 14.7. The van der Waals surface area contributed by atoms with Crippen LogP contribution >= 0.6 is 0 Å². The van der Waals surface area contributed by atoms with Crippen molar-refractivity contribution in [3.8, 4) is 0 Å². The van der Waals surface area contributed by atoms with Crippen LogP contribution in [-0.4, -0.2) is 26.2 Å². The zero-order chi connectivity index (χ0) is 17.4. The van der Waals surface area contributed by atoms with Gasteiger partial charge in [-0.25, -0.2) is 9.59 Å². The number of esters is 2. The van der Waals surface area contributed by atoms with Crippen molar-refractivity contribution >= 4 is 18.0 Å². The summed E-state index contributed by atoms with van der Waals surface area (Å²) in [5.74, 6) is -0.655. The third-order valence-electron chi connectivity index (χ3n) is 3.62. The first kappa shape index (κ1) is 17.5. The molecule has 0 N–H and O–H groups in total. The number of rotatable bonds is 6. The second kappa shape index (κ2) is 8.67. The van der Waals surface area contributed by atoms with E-state index in [1.165, 1.54) is 14.2 Å². The number of allylic oxidation sites excluding steroid dienone is 1. The van der Waals surface area contributed by atoms with Gasteiger partial charge in [0.25, 0.3) is 0 Å². The molecule has 0 aliphatic carbocycles. The van der Waals surface area contributed by atoms with Gasteiger partial charge in [0.05, 0.1) is 25.3 Å². The fourth-order valence-electron chi connectivity index (χ4n) is 2.24. The molecule has 0 unspecified atom stereocenters. The number of benzene rings is 2. The van der Waals surface area contributed by atoms with E-state index in [-0.39, 0.29) is 11.9 Å². The van der Waals surface area contributed by atoms with E-state index in [0.717, 1.165) is 24.0 Å². The largest absolute Gasteiger partial charge is 0.465 e. The van der Waals surface area contributed by atoms with Crippen molar-refractivity contribution in [2.75, 3.05) is 14.2 Å². The third kappa shape index (κ3) is 4.81. The van der Waals surface area contributed by atoms with E-state index >= 15 is 0 Å². The minimum Gasteiger partial charge on any atom is -0.465 e. The van der Waals surface area contributed by atoms with E-state index in [1.54, 1.807) is 24.3 Å². The van der Waals surface area contributed by atoms with Crippen molar-refractivity contribution in [3.63, 3.8) is 0 Å². The standard InChI is InChI=1S/C20H20O4/c1-23-19(21)17-11-7-15(8-12-17)5-3-4-6-16-9-13-18(14-10-16)20(22)24-2/h3,5,7-14H,4,6H2,1-2H3/b5-3+. The Hall–Kier alpha value is -2.88. The van der Waals surface area contributed by atoms with Gasteiger partial charge in [-0.2, -0.15) is 0 Å². The molecule has 0 aliphatic heterocycles. The van der Waals surface area contributed by atoms with E-state index in [2.05, 4.69) is 15.5 Å². The summed E-state index contributed by atoms with van der Waals surface area (Å²) in [5, 5.41) is 0. The molecule has 0 fully saturated rings. The Morgan fingerprint density at radius 1 is 0.833 bits per heavy atom. The Labute approximate surface area is 141 Å². The van der Waals surface area contributed by atoms with Crippen molar-refractivity contribution in [3.05, 3.63) is 76.9 Å². The molecule has 4 heteroatoms. The van der Waals surface area contributed by atoms with E-state index in [1.807, 2.05) is 30.3 Å². The Balaban J connectivity index is 1.86. The van der Waals surface area contributed by atoms with E-state index < -0.39 is 0 Å². The summed E-state index contributed by atoms with van der Waals surface area (Å²) in [6.45, 7) is 0. The molecule has 0 radical (unpaired) electrons. The monoisotopic (exact) mass is 324 g/mol. The number of carbonyl (C=O) groups is 2. The quantitative estimate of drug-likeness (QED) is 0.756. The molecule has 0 atom stereocenters. The number of hydrogen-bond acceptors (Lipinski definition) is 4. The lowest BCUT2D eigenvalue weighted by atomic mass is 10.1. The van der Waals surface area contributed by atoms with Gasteiger partial charge in [0.2, 0.25) is 0 Å². The summed E-state index contributed by atoms with van der Waals surface area (Å²) >= 11 is 0. The van der Waals surface area contributed by atoms with Gasteiger partial charge in [-0.1, -0.05) is 36.4 Å². The molecule has 24 heavy (non-hydrogen) atoms. The Kier molecular flexibility index (Phi) is 6.32. The molecule has 2 aromatic carbocycles. The molecule has 0 amide bonds. The molecule has 0 spiro atoms. The maximum Gasteiger partial charge on any atom is 0.337 e. The first-order valence-corrected chi connectivity index (χ1v) is 7.66. The topological polar surface area (TPSA) is 52.6 Å². The first-order valence-electron chi connectivity index (χ1n) is 7.66. The SMILES string of the molecule is COC(=O)c1ccc(/C=C/CCc2ccc(C(=O)OC)cc2)cc1. The van der Waals surface area contributed by atoms with Crippen molar-refractivity contribution in [2.24, 2.45) is 0 Å². The van der Waals surface area contributed by atoms with Crippen LogP contribution in [-0.2, 0) is 15.9 Å². The summed E-state index contributed by atoms with van der Waals surface area (Å²) in [7, 11) is 2.74. The lowest BCUT2D eigenvalue weighted by Gasteiger charge is -2.02. The van der Waals surface area contributed by atoms with Gasteiger partial charge in [-0.15, -0.1) is 0 Å². The molecular weight excluding hydrogens is 304 g/mol. The molecule has 4 nitrogen and oxygen atoms in total. The average Bonchev–Trinajstić information content (AvgIpc) is 2.65. The molecule has 0 saturated heterocycles. The molecule has 2 aromatic rings. The van der Waals surface area contributed by atoms with Crippen LogP contribution in [0.5, 0.6) is 0 Å². The van der Waals surface area contributed by atoms with Gasteiger partial charge in [0.15, 0.2) is 0 Å². The Morgan fingerprint density at radius 3 is 1.83 bits per heavy atom. The fourth-order valence-corrected chi connectivity index (χ4v) is 2.24.